The molecule has 1 heterocycles. The van der Waals surface area contributed by atoms with E-state index < -0.39 is 12.7 Å². The predicted molar refractivity (Wildman–Crippen MR) is 104 cm³/mol. The van der Waals surface area contributed by atoms with Gasteiger partial charge in [0, 0.05) is 19.6 Å². The normalized spacial score (nSPS) is 23.1. The highest BCUT2D eigenvalue weighted by Gasteiger charge is 2.52. The summed E-state index contributed by atoms with van der Waals surface area (Å²) in [7, 11) is 0. The number of alkyl halides is 6. The summed E-state index contributed by atoms with van der Waals surface area (Å²) in [5.74, 6) is 1.06. The fourth-order valence-electron chi connectivity index (χ4n) is 4.38. The molecular formula is C22H21F6N2O2-. The summed E-state index contributed by atoms with van der Waals surface area (Å²) in [6, 6.07) is 11.7. The van der Waals surface area contributed by atoms with Crippen LogP contribution in [0.4, 0.5) is 26.3 Å². The van der Waals surface area contributed by atoms with Crippen molar-refractivity contribution >= 4 is 0 Å². The Kier molecular flexibility index (Phi) is 6.26. The van der Waals surface area contributed by atoms with Gasteiger partial charge in [0.15, 0.2) is 0 Å². The lowest BCUT2D eigenvalue weighted by Crippen LogP contribution is -2.24. The smallest absolute Gasteiger partial charge is 0.573 e. The number of fused-ring (bicyclic) bond motifs is 1. The Morgan fingerprint density at radius 2 is 1.44 bits per heavy atom. The van der Waals surface area contributed by atoms with Gasteiger partial charge in [-0.2, -0.15) is 0 Å². The monoisotopic (exact) mass is 459 g/mol. The second-order valence-corrected chi connectivity index (χ2v) is 8.14. The molecule has 0 spiro atoms. The molecule has 32 heavy (non-hydrogen) atoms. The molecule has 2 aromatic rings. The van der Waals surface area contributed by atoms with Gasteiger partial charge in [-0.05, 0) is 41.7 Å². The van der Waals surface area contributed by atoms with Gasteiger partial charge >= 0.3 is 12.7 Å². The summed E-state index contributed by atoms with van der Waals surface area (Å²) in [6.07, 6.45) is -9.41. The molecule has 2 unspecified atom stereocenters. The molecule has 1 aliphatic carbocycles. The van der Waals surface area contributed by atoms with E-state index in [1.807, 2.05) is 0 Å². The molecule has 1 aliphatic heterocycles. The average molecular weight is 459 g/mol. The highest BCUT2D eigenvalue weighted by molar-refractivity contribution is 5.30. The largest absolute Gasteiger partial charge is 0.658 e. The van der Waals surface area contributed by atoms with Gasteiger partial charge < -0.3 is 14.8 Å². The van der Waals surface area contributed by atoms with Gasteiger partial charge in [0.2, 0.25) is 0 Å². The first-order valence-electron chi connectivity index (χ1n) is 10.1. The Hall–Kier alpha value is -2.46. The molecule has 2 aliphatic rings. The van der Waals surface area contributed by atoms with Crippen LogP contribution < -0.4 is 9.47 Å². The molecule has 0 bridgehead atoms. The third-order valence-corrected chi connectivity index (χ3v) is 5.78. The predicted octanol–water partition coefficient (Wildman–Crippen LogP) is 5.74. The molecule has 1 saturated carbocycles. The summed E-state index contributed by atoms with van der Waals surface area (Å²) < 4.78 is 81.5. The average Bonchev–Trinajstić information content (AvgIpc) is 3.12. The third kappa shape index (κ3) is 6.29. The van der Waals surface area contributed by atoms with Crippen LogP contribution in [0, 0.1) is 17.8 Å². The lowest BCUT2D eigenvalue weighted by atomic mass is 10.2. The van der Waals surface area contributed by atoms with Crippen LogP contribution in [-0.4, -0.2) is 37.3 Å². The van der Waals surface area contributed by atoms with Gasteiger partial charge in [-0.25, -0.2) is 0 Å². The minimum Gasteiger partial charge on any atom is -0.658 e. The molecule has 2 fully saturated rings. The Morgan fingerprint density at radius 3 is 2.06 bits per heavy atom. The Balaban J connectivity index is 1.17. The number of piperidine rings is 1. The van der Waals surface area contributed by atoms with Gasteiger partial charge in [-0.15, -0.1) is 39.4 Å². The van der Waals surface area contributed by atoms with Crippen LogP contribution >= 0.6 is 0 Å². The van der Waals surface area contributed by atoms with Crippen LogP contribution in [0.1, 0.15) is 11.1 Å². The highest BCUT2D eigenvalue weighted by atomic mass is 19.4. The summed E-state index contributed by atoms with van der Waals surface area (Å²) in [4.78, 5) is 2.27. The van der Waals surface area contributed by atoms with Crippen LogP contribution in [0.5, 0.6) is 11.5 Å². The zero-order valence-corrected chi connectivity index (χ0v) is 16.9. The Morgan fingerprint density at radius 1 is 0.812 bits per heavy atom. The van der Waals surface area contributed by atoms with E-state index in [0.29, 0.717) is 43.0 Å². The first-order valence-corrected chi connectivity index (χ1v) is 10.1. The fraction of sp³-hybridized carbons (Fsp3) is 0.455. The Bertz CT molecular complexity index is 904. The number of rotatable bonds is 8. The van der Waals surface area contributed by atoms with E-state index in [1.54, 1.807) is 18.2 Å². The van der Waals surface area contributed by atoms with Crippen molar-refractivity contribution in [3.05, 3.63) is 65.0 Å². The van der Waals surface area contributed by atoms with E-state index in [1.165, 1.54) is 30.3 Å². The fourth-order valence-corrected chi connectivity index (χ4v) is 4.38. The number of hydrogen-bond donors (Lipinski definition) is 0. The van der Waals surface area contributed by atoms with Crippen LogP contribution in [-0.2, 0) is 13.1 Å². The molecule has 1 saturated heterocycles. The molecule has 4 nitrogen and oxygen atoms in total. The molecule has 0 amide bonds. The van der Waals surface area contributed by atoms with E-state index >= 15 is 0 Å². The van der Waals surface area contributed by atoms with E-state index in [-0.39, 0.29) is 11.5 Å². The van der Waals surface area contributed by atoms with E-state index in [4.69, 9.17) is 0 Å². The van der Waals surface area contributed by atoms with Crippen molar-refractivity contribution in [3.8, 4) is 11.5 Å². The maximum Gasteiger partial charge on any atom is 0.573 e. The summed E-state index contributed by atoms with van der Waals surface area (Å²) >= 11 is 0. The molecule has 0 N–H and O–H groups in total. The van der Waals surface area contributed by atoms with Crippen LogP contribution in [0.3, 0.4) is 0 Å². The van der Waals surface area contributed by atoms with E-state index in [0.717, 1.165) is 18.7 Å². The van der Waals surface area contributed by atoms with Crippen molar-refractivity contribution in [2.75, 3.05) is 19.6 Å². The number of halogens is 6. The van der Waals surface area contributed by atoms with Gasteiger partial charge in [0.1, 0.15) is 11.5 Å². The highest BCUT2D eigenvalue weighted by Crippen LogP contribution is 2.52. The molecule has 2 aromatic carbocycles. The summed E-state index contributed by atoms with van der Waals surface area (Å²) in [5.41, 5.74) is 1.58. The van der Waals surface area contributed by atoms with Gasteiger partial charge in [-0.1, -0.05) is 35.7 Å². The second-order valence-electron chi connectivity index (χ2n) is 8.14. The van der Waals surface area contributed by atoms with E-state index in [9.17, 15) is 26.3 Å². The minimum absolute atomic E-state index is 0.234. The van der Waals surface area contributed by atoms with Gasteiger partial charge in [0.25, 0.3) is 0 Å². The first kappa shape index (κ1) is 22.7. The Labute approximate surface area is 181 Å². The van der Waals surface area contributed by atoms with Crippen molar-refractivity contribution in [2.24, 2.45) is 17.8 Å². The molecule has 4 rings (SSSR count). The van der Waals surface area contributed by atoms with E-state index in [2.05, 4.69) is 19.7 Å². The van der Waals surface area contributed by atoms with Gasteiger partial charge in [0.05, 0.1) is 0 Å². The van der Waals surface area contributed by atoms with Crippen LogP contribution in [0.2, 0.25) is 0 Å². The molecule has 174 valence electrons. The molecule has 10 heteroatoms. The maximum absolute atomic E-state index is 12.3. The molecule has 0 aromatic heterocycles. The topological polar surface area (TPSA) is 35.8 Å². The van der Waals surface area contributed by atoms with Crippen molar-refractivity contribution < 1.29 is 35.8 Å². The standard InChI is InChI=1S/C22H21F6N2O2/c23-21(24,25)31-16-6-4-14(5-7-16)11-30-12-19-18(20(19)13-30)10-29-9-15-2-1-3-17(8-15)32-22(26,27)28/h1-8,18-20H,9-13H2/q-1. The number of ether oxygens (including phenoxy) is 2. The summed E-state index contributed by atoms with van der Waals surface area (Å²) in [6.45, 7) is 3.47. The quantitative estimate of drug-likeness (QED) is 0.473. The van der Waals surface area contributed by atoms with Crippen molar-refractivity contribution in [2.45, 2.75) is 25.8 Å². The van der Waals surface area contributed by atoms with Crippen LogP contribution in [0.25, 0.3) is 5.32 Å². The lowest BCUT2D eigenvalue weighted by Gasteiger charge is -2.24. The summed E-state index contributed by atoms with van der Waals surface area (Å²) in [5, 5.41) is 4.51. The third-order valence-electron chi connectivity index (χ3n) is 5.78. The zero-order chi connectivity index (χ0) is 22.9. The number of likely N-dealkylation sites (tertiary alicyclic amines) is 1. The maximum atomic E-state index is 12.3. The number of hydrogen-bond acceptors (Lipinski definition) is 3. The van der Waals surface area contributed by atoms with Gasteiger partial charge in [-0.3, -0.25) is 4.90 Å². The SMILES string of the molecule is FC(F)(F)Oc1ccc(CN2CC3C(C[N-]Cc4cccc(OC(F)(F)F)c4)C3C2)cc1. The number of nitrogens with zero attached hydrogens (tertiary/aromatic N) is 2. The minimum atomic E-state index is -4.72. The second kappa shape index (κ2) is 8.82. The molecule has 2 atom stereocenters. The number of benzene rings is 2. The van der Waals surface area contributed by atoms with Crippen molar-refractivity contribution in [3.63, 3.8) is 0 Å². The zero-order valence-electron chi connectivity index (χ0n) is 16.9. The first-order chi connectivity index (χ1) is 15.1. The van der Waals surface area contributed by atoms with Crippen molar-refractivity contribution in [1.82, 2.24) is 4.90 Å². The molecular weight excluding hydrogens is 438 g/mol. The lowest BCUT2D eigenvalue weighted by molar-refractivity contribution is -0.275. The van der Waals surface area contributed by atoms with Crippen molar-refractivity contribution in [1.29, 1.82) is 0 Å². The molecule has 0 radical (unpaired) electrons. The van der Waals surface area contributed by atoms with Crippen LogP contribution in [0.15, 0.2) is 48.5 Å².